The van der Waals surface area contributed by atoms with Crippen molar-refractivity contribution in [3.05, 3.63) is 78.5 Å². The van der Waals surface area contributed by atoms with E-state index in [2.05, 4.69) is 27.1 Å². The van der Waals surface area contributed by atoms with Crippen molar-refractivity contribution in [2.45, 2.75) is 11.7 Å². The number of carbonyl (C=O) groups is 1. The first-order valence-corrected chi connectivity index (χ1v) is 10.6. The van der Waals surface area contributed by atoms with Gasteiger partial charge in [0.05, 0.1) is 17.0 Å². The minimum Gasteiger partial charge on any atom is -0.323 e. The molecule has 0 atom stereocenters. The van der Waals surface area contributed by atoms with Crippen LogP contribution in [0.3, 0.4) is 0 Å². The van der Waals surface area contributed by atoms with E-state index in [1.54, 1.807) is 12.3 Å². The lowest BCUT2D eigenvalue weighted by molar-refractivity contribution is -0.113. The number of benzene rings is 2. The fourth-order valence-corrected chi connectivity index (χ4v) is 3.90. The van der Waals surface area contributed by atoms with Gasteiger partial charge in [0.1, 0.15) is 0 Å². The van der Waals surface area contributed by atoms with E-state index in [9.17, 15) is 4.79 Å². The van der Waals surface area contributed by atoms with E-state index >= 15 is 0 Å². The van der Waals surface area contributed by atoms with Crippen LogP contribution in [0.5, 0.6) is 0 Å². The monoisotopic (exact) mass is 435 g/mol. The number of amides is 1. The number of halogens is 1. The molecule has 0 saturated carbocycles. The molecule has 2 heterocycles. The maximum atomic E-state index is 12.6. The van der Waals surface area contributed by atoms with E-state index in [0.717, 1.165) is 16.5 Å². The van der Waals surface area contributed by atoms with Gasteiger partial charge in [0.2, 0.25) is 5.91 Å². The molecule has 0 aliphatic heterocycles. The van der Waals surface area contributed by atoms with E-state index in [4.69, 9.17) is 11.6 Å². The minimum atomic E-state index is -0.139. The topological polar surface area (TPSA) is 72.7 Å². The second-order valence-corrected chi connectivity index (χ2v) is 7.81. The van der Waals surface area contributed by atoms with Crippen molar-refractivity contribution in [1.82, 2.24) is 19.7 Å². The third kappa shape index (κ3) is 4.37. The number of anilines is 1. The summed E-state index contributed by atoms with van der Waals surface area (Å²) in [5.41, 5.74) is 2.35. The molecule has 1 amide bonds. The molecule has 0 spiro atoms. The van der Waals surface area contributed by atoms with Gasteiger partial charge in [0, 0.05) is 28.7 Å². The van der Waals surface area contributed by atoms with Crippen molar-refractivity contribution in [2.24, 2.45) is 0 Å². The van der Waals surface area contributed by atoms with Crippen LogP contribution in [0.25, 0.3) is 22.3 Å². The molecule has 2 aromatic carbocycles. The fraction of sp³-hybridized carbons (Fsp3) is 0.0909. The maximum absolute atomic E-state index is 12.6. The van der Waals surface area contributed by atoms with Gasteiger partial charge in [-0.05, 0) is 36.4 Å². The van der Waals surface area contributed by atoms with Crippen LogP contribution < -0.4 is 5.32 Å². The Morgan fingerprint density at radius 1 is 1.13 bits per heavy atom. The van der Waals surface area contributed by atoms with Crippen LogP contribution in [0.1, 0.15) is 0 Å². The smallest absolute Gasteiger partial charge is 0.234 e. The number of aromatic nitrogens is 4. The van der Waals surface area contributed by atoms with E-state index in [1.807, 2.05) is 59.2 Å². The summed E-state index contributed by atoms with van der Waals surface area (Å²) in [4.78, 5) is 16.9. The molecule has 0 aliphatic carbocycles. The van der Waals surface area contributed by atoms with Crippen molar-refractivity contribution < 1.29 is 4.79 Å². The first-order chi connectivity index (χ1) is 14.7. The van der Waals surface area contributed by atoms with Crippen molar-refractivity contribution in [3.8, 4) is 11.4 Å². The van der Waals surface area contributed by atoms with Gasteiger partial charge in [0.25, 0.3) is 0 Å². The van der Waals surface area contributed by atoms with Gasteiger partial charge in [-0.2, -0.15) is 0 Å². The van der Waals surface area contributed by atoms with E-state index < -0.39 is 0 Å². The van der Waals surface area contributed by atoms with Crippen LogP contribution in [0.2, 0.25) is 5.02 Å². The van der Waals surface area contributed by atoms with Crippen LogP contribution in [0.4, 0.5) is 5.69 Å². The Morgan fingerprint density at radius 3 is 2.73 bits per heavy atom. The predicted molar refractivity (Wildman–Crippen MR) is 122 cm³/mol. The molecule has 0 bridgehead atoms. The standard InChI is InChI=1S/C22H18ClN5OS/c1-2-13-28-21(16-8-10-17(23)11-9-16)26-27-22(28)30-14-19(29)25-18-7-3-5-15-6-4-12-24-20(15)18/h2-12H,1,13-14H2,(H,25,29). The van der Waals surface area contributed by atoms with E-state index in [1.165, 1.54) is 11.8 Å². The quantitative estimate of drug-likeness (QED) is 0.324. The largest absolute Gasteiger partial charge is 0.323 e. The average molecular weight is 436 g/mol. The number of hydrogen-bond acceptors (Lipinski definition) is 5. The van der Waals surface area contributed by atoms with Gasteiger partial charge in [-0.3, -0.25) is 14.3 Å². The zero-order valence-electron chi connectivity index (χ0n) is 16.0. The number of allylic oxidation sites excluding steroid dienone is 1. The lowest BCUT2D eigenvalue weighted by atomic mass is 10.2. The Hall–Kier alpha value is -3.16. The number of pyridine rings is 1. The molecule has 1 N–H and O–H groups in total. The summed E-state index contributed by atoms with van der Waals surface area (Å²) in [6.45, 7) is 4.34. The van der Waals surface area contributed by atoms with Gasteiger partial charge in [-0.15, -0.1) is 16.8 Å². The van der Waals surface area contributed by atoms with Gasteiger partial charge in [-0.25, -0.2) is 0 Å². The Bertz CT molecular complexity index is 1200. The molecule has 2 aromatic heterocycles. The highest BCUT2D eigenvalue weighted by molar-refractivity contribution is 7.99. The molecule has 8 heteroatoms. The molecule has 6 nitrogen and oxygen atoms in total. The van der Waals surface area contributed by atoms with Crippen molar-refractivity contribution in [2.75, 3.05) is 11.1 Å². The van der Waals surface area contributed by atoms with Crippen molar-refractivity contribution in [3.63, 3.8) is 0 Å². The highest BCUT2D eigenvalue weighted by Gasteiger charge is 2.15. The summed E-state index contributed by atoms with van der Waals surface area (Å²) < 4.78 is 1.92. The number of nitrogens with one attached hydrogen (secondary N) is 1. The zero-order valence-corrected chi connectivity index (χ0v) is 17.5. The van der Waals surface area contributed by atoms with Crippen LogP contribution in [0, 0.1) is 0 Å². The molecule has 4 aromatic rings. The lowest BCUT2D eigenvalue weighted by Crippen LogP contribution is -2.15. The number of carbonyl (C=O) groups excluding carboxylic acids is 1. The van der Waals surface area contributed by atoms with Crippen molar-refractivity contribution in [1.29, 1.82) is 0 Å². The summed E-state index contributed by atoms with van der Waals surface area (Å²) in [6, 6.07) is 16.9. The normalized spacial score (nSPS) is 10.8. The molecular weight excluding hydrogens is 418 g/mol. The zero-order chi connectivity index (χ0) is 20.9. The Kier molecular flexibility index (Phi) is 6.11. The summed E-state index contributed by atoms with van der Waals surface area (Å²) >= 11 is 7.30. The molecule has 150 valence electrons. The number of para-hydroxylation sites is 1. The number of rotatable bonds is 7. The van der Waals surface area contributed by atoms with Crippen LogP contribution in [0.15, 0.2) is 78.6 Å². The lowest BCUT2D eigenvalue weighted by Gasteiger charge is -2.09. The SMILES string of the molecule is C=CCn1c(SCC(=O)Nc2cccc3cccnc23)nnc1-c1ccc(Cl)cc1. The number of nitrogens with zero attached hydrogens (tertiary/aromatic N) is 4. The van der Waals surface area contributed by atoms with Gasteiger partial charge in [-0.1, -0.05) is 47.6 Å². The van der Waals surface area contributed by atoms with Crippen LogP contribution in [-0.2, 0) is 11.3 Å². The molecule has 0 radical (unpaired) electrons. The first-order valence-electron chi connectivity index (χ1n) is 9.22. The summed E-state index contributed by atoms with van der Waals surface area (Å²) in [6.07, 6.45) is 3.48. The second-order valence-electron chi connectivity index (χ2n) is 6.43. The summed E-state index contributed by atoms with van der Waals surface area (Å²) in [5.74, 6) is 0.756. The second kappa shape index (κ2) is 9.11. The van der Waals surface area contributed by atoms with E-state index in [-0.39, 0.29) is 11.7 Å². The number of hydrogen-bond donors (Lipinski definition) is 1. The summed E-state index contributed by atoms with van der Waals surface area (Å²) in [7, 11) is 0. The van der Waals surface area contributed by atoms with Crippen LogP contribution >= 0.6 is 23.4 Å². The van der Waals surface area contributed by atoms with Crippen molar-refractivity contribution >= 4 is 45.9 Å². The first kappa shape index (κ1) is 20.1. The Morgan fingerprint density at radius 2 is 1.93 bits per heavy atom. The van der Waals surface area contributed by atoms with Gasteiger partial charge < -0.3 is 5.32 Å². The van der Waals surface area contributed by atoms with Gasteiger partial charge in [0.15, 0.2) is 11.0 Å². The highest BCUT2D eigenvalue weighted by Crippen LogP contribution is 2.26. The highest BCUT2D eigenvalue weighted by atomic mass is 35.5. The fourth-order valence-electron chi connectivity index (χ4n) is 3.02. The molecule has 0 unspecified atom stereocenters. The summed E-state index contributed by atoms with van der Waals surface area (Å²) in [5, 5.41) is 13.8. The predicted octanol–water partition coefficient (Wildman–Crippen LogP) is 5.06. The molecular formula is C22H18ClN5OS. The minimum absolute atomic E-state index is 0.139. The number of fused-ring (bicyclic) bond motifs is 1. The average Bonchev–Trinajstić information content (AvgIpc) is 3.16. The molecule has 0 saturated heterocycles. The van der Waals surface area contributed by atoms with Crippen LogP contribution in [-0.4, -0.2) is 31.4 Å². The Labute approximate surface area is 183 Å². The Balaban J connectivity index is 1.49. The third-order valence-electron chi connectivity index (χ3n) is 4.37. The number of thioether (sulfide) groups is 1. The molecule has 0 aliphatic rings. The molecule has 30 heavy (non-hydrogen) atoms. The maximum Gasteiger partial charge on any atom is 0.234 e. The molecule has 4 rings (SSSR count). The third-order valence-corrected chi connectivity index (χ3v) is 5.59. The van der Waals surface area contributed by atoms with Gasteiger partial charge >= 0.3 is 0 Å². The van der Waals surface area contributed by atoms with E-state index in [0.29, 0.717) is 28.2 Å². The molecule has 0 fully saturated rings.